The van der Waals surface area contributed by atoms with Gasteiger partial charge in [0, 0.05) is 0 Å². The average Bonchev–Trinajstić information content (AvgIpc) is 3.04. The van der Waals surface area contributed by atoms with Crippen LogP contribution in [0.4, 0.5) is 5.69 Å². The molecule has 1 aliphatic rings. The van der Waals surface area contributed by atoms with Gasteiger partial charge in [-0.05, 0) is 92.9 Å². The van der Waals surface area contributed by atoms with Gasteiger partial charge in [-0.3, -0.25) is 4.79 Å². The SMILES string of the molecule is CCCCCCOc1c(Br)cc(/C=C2/SC(=Nc3ccc(C)cc3)NC2=O)cc1Br. The molecule has 1 amide bonds. The molecule has 4 nitrogen and oxygen atoms in total. The molecule has 1 aliphatic heterocycles. The van der Waals surface area contributed by atoms with E-state index in [9.17, 15) is 4.79 Å². The Morgan fingerprint density at radius 2 is 1.80 bits per heavy atom. The topological polar surface area (TPSA) is 50.7 Å². The maximum absolute atomic E-state index is 12.4. The van der Waals surface area contributed by atoms with E-state index in [2.05, 4.69) is 49.1 Å². The third-order valence-corrected chi connectivity index (χ3v) is 6.57. The third-order valence-electron chi connectivity index (χ3n) is 4.48. The number of thioether (sulfide) groups is 1. The molecule has 0 saturated carbocycles. The van der Waals surface area contributed by atoms with E-state index in [1.165, 1.54) is 36.6 Å². The molecular formula is C23H24Br2N2O2S. The van der Waals surface area contributed by atoms with Crippen LogP contribution in [-0.2, 0) is 4.79 Å². The summed E-state index contributed by atoms with van der Waals surface area (Å²) in [5.74, 6) is 0.646. The van der Waals surface area contributed by atoms with Gasteiger partial charge < -0.3 is 10.1 Å². The molecule has 1 saturated heterocycles. The predicted octanol–water partition coefficient (Wildman–Crippen LogP) is 7.37. The van der Waals surface area contributed by atoms with E-state index in [-0.39, 0.29) is 5.91 Å². The molecule has 0 atom stereocenters. The molecule has 0 bridgehead atoms. The number of nitrogens with one attached hydrogen (secondary N) is 1. The molecule has 2 aromatic rings. The van der Waals surface area contributed by atoms with Crippen molar-refractivity contribution in [1.82, 2.24) is 5.32 Å². The number of nitrogens with zero attached hydrogens (tertiary/aromatic N) is 1. The number of amides is 1. The van der Waals surface area contributed by atoms with Gasteiger partial charge in [-0.2, -0.15) is 0 Å². The third kappa shape index (κ3) is 6.46. The highest BCUT2D eigenvalue weighted by Crippen LogP contribution is 2.37. The van der Waals surface area contributed by atoms with Gasteiger partial charge in [-0.1, -0.05) is 43.9 Å². The second-order valence-corrected chi connectivity index (χ2v) is 9.78. The predicted molar refractivity (Wildman–Crippen MR) is 133 cm³/mol. The number of hydrogen-bond donors (Lipinski definition) is 1. The number of aliphatic imine (C=N–C) groups is 1. The monoisotopic (exact) mass is 550 g/mol. The van der Waals surface area contributed by atoms with Gasteiger partial charge in [-0.25, -0.2) is 4.99 Å². The number of halogens is 2. The summed E-state index contributed by atoms with van der Waals surface area (Å²) >= 11 is 8.52. The van der Waals surface area contributed by atoms with Crippen LogP contribution in [0.2, 0.25) is 0 Å². The van der Waals surface area contributed by atoms with Crippen molar-refractivity contribution in [2.24, 2.45) is 4.99 Å². The Labute approximate surface area is 198 Å². The number of unbranched alkanes of at least 4 members (excludes halogenated alkanes) is 3. The summed E-state index contributed by atoms with van der Waals surface area (Å²) < 4.78 is 7.65. The molecule has 3 rings (SSSR count). The van der Waals surface area contributed by atoms with Crippen LogP contribution in [0.15, 0.2) is 55.2 Å². The molecular weight excluding hydrogens is 528 g/mol. The highest BCUT2D eigenvalue weighted by molar-refractivity contribution is 9.11. The van der Waals surface area contributed by atoms with E-state index >= 15 is 0 Å². The van der Waals surface area contributed by atoms with E-state index in [0.717, 1.165) is 32.4 Å². The molecule has 0 radical (unpaired) electrons. The first-order valence-corrected chi connectivity index (χ1v) is 12.3. The van der Waals surface area contributed by atoms with Gasteiger partial charge in [0.2, 0.25) is 0 Å². The smallest absolute Gasteiger partial charge is 0.264 e. The number of aryl methyl sites for hydroxylation is 1. The Hall–Kier alpha value is -1.57. The number of carbonyl (C=O) groups is 1. The number of amidine groups is 1. The van der Waals surface area contributed by atoms with Crippen molar-refractivity contribution in [2.45, 2.75) is 39.5 Å². The van der Waals surface area contributed by atoms with Crippen molar-refractivity contribution in [3.05, 3.63) is 61.4 Å². The Balaban J connectivity index is 1.70. The standard InChI is InChI=1S/C23H24Br2N2O2S/c1-3-4-5-6-11-29-21-18(24)12-16(13-19(21)25)14-20-22(28)27-23(30-20)26-17-9-7-15(2)8-10-17/h7-10,12-14H,3-6,11H2,1-2H3,(H,26,27,28)/b20-14+. The first-order valence-electron chi connectivity index (χ1n) is 9.94. The largest absolute Gasteiger partial charge is 0.491 e. The lowest BCUT2D eigenvalue weighted by Gasteiger charge is -2.11. The fraction of sp³-hybridized carbons (Fsp3) is 0.304. The van der Waals surface area contributed by atoms with Gasteiger partial charge in [0.1, 0.15) is 5.75 Å². The Morgan fingerprint density at radius 3 is 2.47 bits per heavy atom. The van der Waals surface area contributed by atoms with E-state index in [4.69, 9.17) is 4.74 Å². The summed E-state index contributed by atoms with van der Waals surface area (Å²) in [6.07, 6.45) is 6.51. The number of rotatable bonds is 8. The minimum Gasteiger partial charge on any atom is -0.491 e. The second kappa shape index (κ2) is 11.2. The lowest BCUT2D eigenvalue weighted by molar-refractivity contribution is -0.115. The molecule has 0 aromatic heterocycles. The Morgan fingerprint density at radius 1 is 1.10 bits per heavy atom. The van der Waals surface area contributed by atoms with E-state index in [0.29, 0.717) is 16.7 Å². The van der Waals surface area contributed by atoms with Crippen molar-refractivity contribution >= 4 is 66.5 Å². The quantitative estimate of drug-likeness (QED) is 0.275. The van der Waals surface area contributed by atoms with Crippen molar-refractivity contribution in [2.75, 3.05) is 6.61 Å². The number of hydrogen-bond acceptors (Lipinski definition) is 4. The van der Waals surface area contributed by atoms with Gasteiger partial charge in [-0.15, -0.1) is 0 Å². The second-order valence-electron chi connectivity index (χ2n) is 7.04. The zero-order valence-corrected chi connectivity index (χ0v) is 21.0. The summed E-state index contributed by atoms with van der Waals surface area (Å²) in [6, 6.07) is 11.8. The lowest BCUT2D eigenvalue weighted by atomic mass is 10.2. The summed E-state index contributed by atoms with van der Waals surface area (Å²) in [5, 5.41) is 3.41. The number of carbonyl (C=O) groups excluding carboxylic acids is 1. The van der Waals surface area contributed by atoms with Crippen molar-refractivity contribution in [3.63, 3.8) is 0 Å². The maximum atomic E-state index is 12.4. The van der Waals surface area contributed by atoms with Gasteiger partial charge in [0.15, 0.2) is 5.17 Å². The molecule has 158 valence electrons. The molecule has 1 fully saturated rings. The van der Waals surface area contributed by atoms with Crippen molar-refractivity contribution in [1.29, 1.82) is 0 Å². The van der Waals surface area contributed by atoms with Crippen LogP contribution < -0.4 is 10.1 Å². The van der Waals surface area contributed by atoms with Crippen LogP contribution >= 0.6 is 43.6 Å². The highest BCUT2D eigenvalue weighted by atomic mass is 79.9. The van der Waals surface area contributed by atoms with Crippen LogP contribution in [0.25, 0.3) is 6.08 Å². The normalized spacial score (nSPS) is 16.3. The molecule has 0 unspecified atom stereocenters. The lowest BCUT2D eigenvalue weighted by Crippen LogP contribution is -2.19. The van der Waals surface area contributed by atoms with Crippen LogP contribution in [-0.4, -0.2) is 17.7 Å². The summed E-state index contributed by atoms with van der Waals surface area (Å²) in [5.41, 5.74) is 2.89. The summed E-state index contributed by atoms with van der Waals surface area (Å²) in [6.45, 7) is 4.92. The Kier molecular flexibility index (Phi) is 8.60. The van der Waals surface area contributed by atoms with E-state index in [1.54, 1.807) is 0 Å². The van der Waals surface area contributed by atoms with Crippen LogP contribution in [0, 0.1) is 6.92 Å². The highest BCUT2D eigenvalue weighted by Gasteiger charge is 2.24. The first kappa shape index (κ1) is 23.1. The fourth-order valence-electron chi connectivity index (χ4n) is 2.87. The first-order chi connectivity index (χ1) is 14.5. The summed E-state index contributed by atoms with van der Waals surface area (Å²) in [4.78, 5) is 17.5. The molecule has 7 heteroatoms. The number of benzene rings is 2. The van der Waals surface area contributed by atoms with Crippen LogP contribution in [0.1, 0.15) is 43.7 Å². The van der Waals surface area contributed by atoms with Crippen molar-refractivity contribution in [3.8, 4) is 5.75 Å². The van der Waals surface area contributed by atoms with E-state index < -0.39 is 0 Å². The molecule has 30 heavy (non-hydrogen) atoms. The minimum atomic E-state index is -0.144. The number of ether oxygens (including phenoxy) is 1. The minimum absolute atomic E-state index is 0.144. The zero-order chi connectivity index (χ0) is 21.5. The van der Waals surface area contributed by atoms with Gasteiger partial charge >= 0.3 is 0 Å². The Bertz CT molecular complexity index is 949. The average molecular weight is 552 g/mol. The molecule has 1 heterocycles. The molecule has 0 spiro atoms. The van der Waals surface area contributed by atoms with Crippen molar-refractivity contribution < 1.29 is 9.53 Å². The summed E-state index contributed by atoms with van der Waals surface area (Å²) in [7, 11) is 0. The fourth-order valence-corrected chi connectivity index (χ4v) is 5.16. The molecule has 0 aliphatic carbocycles. The molecule has 1 N–H and O–H groups in total. The zero-order valence-electron chi connectivity index (χ0n) is 17.0. The molecule has 2 aromatic carbocycles. The van der Waals surface area contributed by atoms with Crippen LogP contribution in [0.5, 0.6) is 5.75 Å². The van der Waals surface area contributed by atoms with Crippen LogP contribution in [0.3, 0.4) is 0 Å². The van der Waals surface area contributed by atoms with Gasteiger partial charge in [0.05, 0.1) is 26.1 Å². The van der Waals surface area contributed by atoms with E-state index in [1.807, 2.05) is 49.4 Å². The maximum Gasteiger partial charge on any atom is 0.264 e. The van der Waals surface area contributed by atoms with Gasteiger partial charge in [0.25, 0.3) is 5.91 Å².